The quantitative estimate of drug-likeness (QED) is 0.271. The van der Waals surface area contributed by atoms with Gasteiger partial charge in [0.15, 0.2) is 17.3 Å². The number of fused-ring (bicyclic) bond motifs is 1. The van der Waals surface area contributed by atoms with Gasteiger partial charge in [0.05, 0.1) is 11.2 Å². The molecule has 4 aromatic rings. The van der Waals surface area contributed by atoms with Crippen LogP contribution in [0.15, 0.2) is 54.9 Å². The van der Waals surface area contributed by atoms with Gasteiger partial charge in [-0.1, -0.05) is 6.92 Å². The number of halogens is 1. The molecule has 1 aliphatic heterocycles. The maximum atomic E-state index is 13.9. The van der Waals surface area contributed by atoms with E-state index in [0.717, 1.165) is 66.6 Å². The van der Waals surface area contributed by atoms with Crippen molar-refractivity contribution in [3.05, 3.63) is 71.8 Å². The van der Waals surface area contributed by atoms with Crippen molar-refractivity contribution in [2.24, 2.45) is 5.92 Å². The lowest BCUT2D eigenvalue weighted by Gasteiger charge is -2.23. The van der Waals surface area contributed by atoms with E-state index in [0.29, 0.717) is 23.7 Å². The molecule has 1 fully saturated rings. The molecular formula is C29H30FN3O4. The summed E-state index contributed by atoms with van der Waals surface area (Å²) in [6.45, 7) is 6.09. The van der Waals surface area contributed by atoms with Gasteiger partial charge in [0, 0.05) is 55.6 Å². The van der Waals surface area contributed by atoms with Crippen molar-refractivity contribution < 1.29 is 23.8 Å². The Morgan fingerprint density at radius 1 is 1.16 bits per heavy atom. The molecule has 0 unspecified atom stereocenters. The van der Waals surface area contributed by atoms with E-state index in [1.807, 2.05) is 48.7 Å². The molecule has 8 heteroatoms. The normalized spacial score (nSPS) is 14.1. The number of imidazole rings is 1. The first kappa shape index (κ1) is 24.8. The van der Waals surface area contributed by atoms with Crippen LogP contribution in [0.4, 0.5) is 10.1 Å². The van der Waals surface area contributed by atoms with Crippen LogP contribution in [0.1, 0.15) is 42.1 Å². The average Bonchev–Trinajstić information content (AvgIpc) is 3.33. The number of Topliss-reactive ketones (excluding diaryl/α,β-unsaturated/α-hetero) is 1. The number of phenolic OH excluding ortho intramolecular Hbond substituents is 1. The van der Waals surface area contributed by atoms with Crippen molar-refractivity contribution in [3.8, 4) is 22.9 Å². The Hall–Kier alpha value is -3.91. The van der Waals surface area contributed by atoms with Crippen molar-refractivity contribution in [2.45, 2.75) is 33.1 Å². The molecule has 2 heterocycles. The van der Waals surface area contributed by atoms with Crippen molar-refractivity contribution >= 4 is 22.5 Å². The van der Waals surface area contributed by atoms with Gasteiger partial charge in [-0.25, -0.2) is 9.37 Å². The van der Waals surface area contributed by atoms with Gasteiger partial charge in [0.2, 0.25) is 0 Å². The Morgan fingerprint density at radius 2 is 1.97 bits per heavy atom. The van der Waals surface area contributed by atoms with E-state index in [1.165, 1.54) is 12.1 Å². The Labute approximate surface area is 214 Å². The number of carbonyl (C=O) groups excluding carboxylic acids is 1. The summed E-state index contributed by atoms with van der Waals surface area (Å²) >= 11 is 0. The summed E-state index contributed by atoms with van der Waals surface area (Å²) in [5, 5.41) is 13.1. The Kier molecular flexibility index (Phi) is 7.10. The first-order valence-corrected chi connectivity index (χ1v) is 12.6. The maximum absolute atomic E-state index is 13.9. The van der Waals surface area contributed by atoms with E-state index in [-0.39, 0.29) is 11.5 Å². The zero-order valence-electron chi connectivity index (χ0n) is 21.0. The highest BCUT2D eigenvalue weighted by Gasteiger charge is 2.18. The highest BCUT2D eigenvalue weighted by molar-refractivity contribution is 5.97. The minimum Gasteiger partial charge on any atom is -0.505 e. The number of nitrogens with zero attached hydrogens (tertiary/aromatic N) is 2. The summed E-state index contributed by atoms with van der Waals surface area (Å²) in [5.41, 5.74) is 4.88. The second-order valence-corrected chi connectivity index (χ2v) is 9.38. The predicted octanol–water partition coefficient (Wildman–Crippen LogP) is 6.40. The van der Waals surface area contributed by atoms with Gasteiger partial charge in [-0.05, 0) is 61.6 Å². The third kappa shape index (κ3) is 5.29. The molecule has 5 rings (SSSR count). The lowest BCUT2D eigenvalue weighted by Crippen LogP contribution is -2.22. The van der Waals surface area contributed by atoms with Crippen LogP contribution < -0.4 is 10.1 Å². The molecule has 1 saturated heterocycles. The monoisotopic (exact) mass is 503 g/mol. The van der Waals surface area contributed by atoms with Crippen LogP contribution in [0.3, 0.4) is 0 Å². The second-order valence-electron chi connectivity index (χ2n) is 9.38. The Bertz CT molecular complexity index is 1440. The SMILES string of the molecule is CCC(=O)c1ccc(-n2cnc3c(NCC4CCOCC4)cc(Oc4ccc(O)c(F)c4)cc32)cc1C. The first-order chi connectivity index (χ1) is 17.9. The van der Waals surface area contributed by atoms with Crippen LogP contribution in [0.5, 0.6) is 17.2 Å². The van der Waals surface area contributed by atoms with Crippen molar-refractivity contribution in [1.29, 1.82) is 0 Å². The first-order valence-electron chi connectivity index (χ1n) is 12.6. The minimum atomic E-state index is -0.751. The van der Waals surface area contributed by atoms with E-state index in [4.69, 9.17) is 14.5 Å². The smallest absolute Gasteiger partial charge is 0.168 e. The van der Waals surface area contributed by atoms with Crippen LogP contribution in [0.2, 0.25) is 0 Å². The van der Waals surface area contributed by atoms with Gasteiger partial charge >= 0.3 is 0 Å². The molecule has 0 bridgehead atoms. The highest BCUT2D eigenvalue weighted by atomic mass is 19.1. The fourth-order valence-corrected chi connectivity index (χ4v) is 4.68. The molecule has 37 heavy (non-hydrogen) atoms. The van der Waals surface area contributed by atoms with Crippen molar-refractivity contribution in [2.75, 3.05) is 25.1 Å². The number of rotatable bonds is 8. The van der Waals surface area contributed by atoms with E-state index < -0.39 is 11.6 Å². The zero-order chi connectivity index (χ0) is 25.9. The fourth-order valence-electron chi connectivity index (χ4n) is 4.68. The Morgan fingerprint density at radius 3 is 2.70 bits per heavy atom. The number of aryl methyl sites for hydroxylation is 1. The molecule has 7 nitrogen and oxygen atoms in total. The van der Waals surface area contributed by atoms with Crippen LogP contribution in [0, 0.1) is 18.7 Å². The number of nitrogens with one attached hydrogen (secondary N) is 1. The van der Waals surface area contributed by atoms with Crippen molar-refractivity contribution in [3.63, 3.8) is 0 Å². The molecule has 2 N–H and O–H groups in total. The molecule has 0 radical (unpaired) electrons. The average molecular weight is 504 g/mol. The molecule has 0 spiro atoms. The maximum Gasteiger partial charge on any atom is 0.168 e. The largest absolute Gasteiger partial charge is 0.505 e. The number of anilines is 1. The standard InChI is InChI=1S/C29H30FN3O4/c1-3-27(34)23-6-4-20(12-18(23)2)33-17-32-29-25(31-16-19-8-10-36-11-9-19)14-22(15-26(29)33)37-21-5-7-28(35)24(30)13-21/h4-7,12-15,17,19,31,35H,3,8-11,16H2,1-2H3. The molecule has 0 amide bonds. The number of aromatic hydroxyl groups is 1. The summed E-state index contributed by atoms with van der Waals surface area (Å²) in [6.07, 6.45) is 4.20. The molecule has 1 aliphatic rings. The fraction of sp³-hybridized carbons (Fsp3) is 0.310. The number of ketones is 1. The van der Waals surface area contributed by atoms with Gasteiger partial charge < -0.3 is 19.9 Å². The third-order valence-corrected chi connectivity index (χ3v) is 6.81. The van der Waals surface area contributed by atoms with E-state index in [9.17, 15) is 14.3 Å². The summed E-state index contributed by atoms with van der Waals surface area (Å²) < 4.78 is 27.4. The van der Waals surface area contributed by atoms with E-state index >= 15 is 0 Å². The summed E-state index contributed by atoms with van der Waals surface area (Å²) in [6, 6.07) is 13.4. The number of hydrogen-bond donors (Lipinski definition) is 2. The van der Waals surface area contributed by atoms with Crippen LogP contribution >= 0.6 is 0 Å². The summed E-state index contributed by atoms with van der Waals surface area (Å²) in [4.78, 5) is 17.0. The summed E-state index contributed by atoms with van der Waals surface area (Å²) in [7, 11) is 0. The number of aromatic nitrogens is 2. The van der Waals surface area contributed by atoms with Gasteiger partial charge in [0.25, 0.3) is 0 Å². The van der Waals surface area contributed by atoms with E-state index in [2.05, 4.69) is 5.32 Å². The molecule has 0 saturated carbocycles. The predicted molar refractivity (Wildman–Crippen MR) is 141 cm³/mol. The number of benzene rings is 3. The molecule has 1 aromatic heterocycles. The highest BCUT2D eigenvalue weighted by Crippen LogP contribution is 2.34. The second kappa shape index (κ2) is 10.6. The molecule has 0 aliphatic carbocycles. The van der Waals surface area contributed by atoms with E-state index in [1.54, 1.807) is 6.33 Å². The van der Waals surface area contributed by atoms with Gasteiger partial charge in [-0.15, -0.1) is 0 Å². The molecule has 192 valence electrons. The lowest BCUT2D eigenvalue weighted by molar-refractivity contribution is 0.0699. The molecule has 0 atom stereocenters. The van der Waals surface area contributed by atoms with Crippen LogP contribution in [-0.2, 0) is 4.74 Å². The van der Waals surface area contributed by atoms with Gasteiger partial charge in [-0.3, -0.25) is 9.36 Å². The Balaban J connectivity index is 1.54. The minimum absolute atomic E-state index is 0.107. The third-order valence-electron chi connectivity index (χ3n) is 6.81. The number of ether oxygens (including phenoxy) is 2. The van der Waals surface area contributed by atoms with Crippen LogP contribution in [-0.4, -0.2) is 40.2 Å². The van der Waals surface area contributed by atoms with Gasteiger partial charge in [0.1, 0.15) is 23.3 Å². The number of hydrogen-bond acceptors (Lipinski definition) is 6. The van der Waals surface area contributed by atoms with Crippen molar-refractivity contribution in [1.82, 2.24) is 9.55 Å². The zero-order valence-corrected chi connectivity index (χ0v) is 21.0. The topological polar surface area (TPSA) is 85.6 Å². The number of phenols is 1. The van der Waals surface area contributed by atoms with Crippen LogP contribution in [0.25, 0.3) is 16.7 Å². The lowest BCUT2D eigenvalue weighted by atomic mass is 10.0. The summed E-state index contributed by atoms with van der Waals surface area (Å²) in [5.74, 6) is 0.195. The molecule has 3 aromatic carbocycles. The number of carbonyl (C=O) groups is 1. The van der Waals surface area contributed by atoms with Gasteiger partial charge in [-0.2, -0.15) is 0 Å². The molecular weight excluding hydrogens is 473 g/mol.